The molecule has 0 aliphatic heterocycles. The van der Waals surface area contributed by atoms with Crippen LogP contribution < -0.4 is 10.2 Å². The molecule has 1 amide bonds. The number of rotatable bonds is 6. The molecule has 4 rings (SSSR count). The molecule has 1 aromatic heterocycles. The summed E-state index contributed by atoms with van der Waals surface area (Å²) < 4.78 is 5.19. The minimum absolute atomic E-state index is 0.270. The first-order valence-electron chi connectivity index (χ1n) is 9.63. The SMILES string of the molecule is COc1ccc(Cc2nc3ccc(C(=O)N/N=C\c4ccccc4C)cc3[nH]2)cc1. The summed E-state index contributed by atoms with van der Waals surface area (Å²) >= 11 is 0. The third kappa shape index (κ3) is 4.38. The maximum atomic E-state index is 12.5. The van der Waals surface area contributed by atoms with Gasteiger partial charge in [-0.05, 0) is 53.9 Å². The lowest BCUT2D eigenvalue weighted by atomic mass is 10.1. The van der Waals surface area contributed by atoms with Crippen LogP contribution in [0.2, 0.25) is 0 Å². The van der Waals surface area contributed by atoms with E-state index in [9.17, 15) is 4.79 Å². The minimum Gasteiger partial charge on any atom is -0.497 e. The second-order valence-corrected chi connectivity index (χ2v) is 7.00. The summed E-state index contributed by atoms with van der Waals surface area (Å²) in [6.07, 6.45) is 2.32. The number of hydrogen-bond donors (Lipinski definition) is 2. The van der Waals surface area contributed by atoms with Gasteiger partial charge in [-0.2, -0.15) is 5.10 Å². The molecule has 6 nitrogen and oxygen atoms in total. The molecule has 150 valence electrons. The number of hydrogen-bond acceptors (Lipinski definition) is 4. The highest BCUT2D eigenvalue weighted by Crippen LogP contribution is 2.18. The van der Waals surface area contributed by atoms with Gasteiger partial charge < -0.3 is 9.72 Å². The monoisotopic (exact) mass is 398 g/mol. The van der Waals surface area contributed by atoms with E-state index in [1.165, 1.54) is 0 Å². The van der Waals surface area contributed by atoms with Crippen molar-refractivity contribution in [3.8, 4) is 5.75 Å². The zero-order valence-corrected chi connectivity index (χ0v) is 16.8. The van der Waals surface area contributed by atoms with Crippen molar-refractivity contribution in [2.45, 2.75) is 13.3 Å². The molecular formula is C24H22N4O2. The van der Waals surface area contributed by atoms with Crippen LogP contribution in [0.1, 0.15) is 32.9 Å². The number of methoxy groups -OCH3 is 1. The molecule has 0 saturated heterocycles. The number of H-pyrrole nitrogens is 1. The molecule has 2 N–H and O–H groups in total. The van der Waals surface area contributed by atoms with E-state index >= 15 is 0 Å². The number of fused-ring (bicyclic) bond motifs is 1. The van der Waals surface area contributed by atoms with Crippen LogP contribution in [0, 0.1) is 6.92 Å². The molecule has 0 aliphatic rings. The van der Waals surface area contributed by atoms with Crippen LogP contribution >= 0.6 is 0 Å². The largest absolute Gasteiger partial charge is 0.497 e. The van der Waals surface area contributed by atoms with Crippen LogP contribution in [-0.2, 0) is 6.42 Å². The highest BCUT2D eigenvalue weighted by molar-refractivity contribution is 5.97. The number of hydrazone groups is 1. The van der Waals surface area contributed by atoms with Crippen LogP contribution in [0.15, 0.2) is 71.8 Å². The van der Waals surface area contributed by atoms with Gasteiger partial charge in [-0.25, -0.2) is 10.4 Å². The molecule has 0 aliphatic carbocycles. The number of aromatic amines is 1. The topological polar surface area (TPSA) is 79.4 Å². The average molecular weight is 398 g/mol. The van der Waals surface area contributed by atoms with E-state index in [2.05, 4.69) is 20.5 Å². The zero-order valence-electron chi connectivity index (χ0n) is 16.8. The van der Waals surface area contributed by atoms with Crippen molar-refractivity contribution < 1.29 is 9.53 Å². The zero-order chi connectivity index (χ0) is 20.9. The van der Waals surface area contributed by atoms with Crippen molar-refractivity contribution in [1.82, 2.24) is 15.4 Å². The van der Waals surface area contributed by atoms with E-state index in [1.807, 2.05) is 61.5 Å². The highest BCUT2D eigenvalue weighted by Gasteiger charge is 2.09. The number of amides is 1. The molecule has 6 heteroatoms. The molecule has 0 spiro atoms. The maximum absolute atomic E-state index is 12.5. The van der Waals surface area contributed by atoms with Gasteiger partial charge in [0, 0.05) is 12.0 Å². The Morgan fingerprint density at radius 2 is 1.93 bits per heavy atom. The smallest absolute Gasteiger partial charge is 0.271 e. The van der Waals surface area contributed by atoms with Gasteiger partial charge in [0.25, 0.3) is 5.91 Å². The maximum Gasteiger partial charge on any atom is 0.271 e. The fraction of sp³-hybridized carbons (Fsp3) is 0.125. The minimum atomic E-state index is -0.270. The predicted octanol–water partition coefficient (Wildman–Crippen LogP) is 4.23. The van der Waals surface area contributed by atoms with Gasteiger partial charge in [0.1, 0.15) is 11.6 Å². The van der Waals surface area contributed by atoms with Gasteiger partial charge in [-0.1, -0.05) is 36.4 Å². The Labute approximate surface area is 174 Å². The quantitative estimate of drug-likeness (QED) is 0.377. The molecule has 0 fully saturated rings. The normalized spacial score (nSPS) is 11.1. The van der Waals surface area contributed by atoms with Crippen LogP contribution in [0.3, 0.4) is 0 Å². The molecule has 0 bridgehead atoms. The van der Waals surface area contributed by atoms with Gasteiger partial charge in [-0.15, -0.1) is 0 Å². The summed E-state index contributed by atoms with van der Waals surface area (Å²) in [5, 5.41) is 4.07. The van der Waals surface area contributed by atoms with Crippen LogP contribution in [-0.4, -0.2) is 29.2 Å². The van der Waals surface area contributed by atoms with Crippen molar-refractivity contribution in [2.75, 3.05) is 7.11 Å². The van der Waals surface area contributed by atoms with Gasteiger partial charge in [0.05, 0.1) is 24.4 Å². The second-order valence-electron chi connectivity index (χ2n) is 7.00. The Bertz CT molecular complexity index is 1210. The number of carbonyl (C=O) groups is 1. The molecule has 3 aromatic carbocycles. The lowest BCUT2D eigenvalue weighted by Crippen LogP contribution is -2.17. The number of imidazole rings is 1. The Hall–Kier alpha value is -3.93. The fourth-order valence-corrected chi connectivity index (χ4v) is 3.18. The third-order valence-corrected chi connectivity index (χ3v) is 4.88. The Morgan fingerprint density at radius 3 is 2.70 bits per heavy atom. The summed E-state index contributed by atoms with van der Waals surface area (Å²) in [4.78, 5) is 20.4. The average Bonchev–Trinajstić information content (AvgIpc) is 3.17. The fourth-order valence-electron chi connectivity index (χ4n) is 3.18. The molecule has 0 saturated carbocycles. The number of aryl methyl sites for hydroxylation is 1. The van der Waals surface area contributed by atoms with Crippen LogP contribution in [0.4, 0.5) is 0 Å². The number of carbonyl (C=O) groups excluding carboxylic acids is 1. The molecular weight excluding hydrogens is 376 g/mol. The third-order valence-electron chi connectivity index (χ3n) is 4.88. The van der Waals surface area contributed by atoms with E-state index in [4.69, 9.17) is 4.74 Å². The molecule has 0 atom stereocenters. The summed E-state index contributed by atoms with van der Waals surface area (Å²) in [5.74, 6) is 1.39. The van der Waals surface area contributed by atoms with Gasteiger partial charge in [0.2, 0.25) is 0 Å². The predicted molar refractivity (Wildman–Crippen MR) is 118 cm³/mol. The summed E-state index contributed by atoms with van der Waals surface area (Å²) in [7, 11) is 1.65. The standard InChI is InChI=1S/C24H22N4O2/c1-16-5-3-4-6-19(16)15-25-28-24(29)18-9-12-21-22(14-18)27-23(26-21)13-17-7-10-20(30-2)11-8-17/h3-12,14-15H,13H2,1-2H3,(H,26,27)(H,28,29)/b25-15-. The number of nitrogens with one attached hydrogen (secondary N) is 2. The summed E-state index contributed by atoms with van der Waals surface area (Å²) in [6.45, 7) is 2.00. The molecule has 0 unspecified atom stereocenters. The first-order chi connectivity index (χ1) is 14.6. The van der Waals surface area contributed by atoms with Gasteiger partial charge in [0.15, 0.2) is 0 Å². The first-order valence-corrected chi connectivity index (χ1v) is 9.63. The van der Waals surface area contributed by atoms with Crippen molar-refractivity contribution >= 4 is 23.2 Å². The van der Waals surface area contributed by atoms with Crippen molar-refractivity contribution in [3.63, 3.8) is 0 Å². The Kier molecular flexibility index (Phi) is 5.57. The van der Waals surface area contributed by atoms with E-state index in [1.54, 1.807) is 25.5 Å². The number of aromatic nitrogens is 2. The number of nitrogens with zero attached hydrogens (tertiary/aromatic N) is 2. The molecule has 1 heterocycles. The summed E-state index contributed by atoms with van der Waals surface area (Å²) in [6, 6.07) is 21.1. The number of ether oxygens (including phenoxy) is 1. The number of benzene rings is 3. The first kappa shape index (κ1) is 19.4. The molecule has 30 heavy (non-hydrogen) atoms. The van der Waals surface area contributed by atoms with Crippen molar-refractivity contribution in [3.05, 3.63) is 94.8 Å². The van der Waals surface area contributed by atoms with E-state index in [-0.39, 0.29) is 5.91 Å². The van der Waals surface area contributed by atoms with E-state index in [0.717, 1.165) is 39.3 Å². The van der Waals surface area contributed by atoms with Gasteiger partial charge >= 0.3 is 0 Å². The molecule has 0 radical (unpaired) electrons. The highest BCUT2D eigenvalue weighted by atomic mass is 16.5. The lowest BCUT2D eigenvalue weighted by molar-refractivity contribution is 0.0955. The van der Waals surface area contributed by atoms with E-state index < -0.39 is 0 Å². The Balaban J connectivity index is 1.46. The van der Waals surface area contributed by atoms with Gasteiger partial charge in [-0.3, -0.25) is 4.79 Å². The lowest BCUT2D eigenvalue weighted by Gasteiger charge is -2.01. The van der Waals surface area contributed by atoms with Crippen LogP contribution in [0.5, 0.6) is 5.75 Å². The summed E-state index contributed by atoms with van der Waals surface area (Å²) in [5.41, 5.74) is 7.91. The van der Waals surface area contributed by atoms with Crippen molar-refractivity contribution in [2.24, 2.45) is 5.10 Å². The second kappa shape index (κ2) is 8.61. The Morgan fingerprint density at radius 1 is 1.13 bits per heavy atom. The van der Waals surface area contributed by atoms with Crippen LogP contribution in [0.25, 0.3) is 11.0 Å². The van der Waals surface area contributed by atoms with Crippen molar-refractivity contribution in [1.29, 1.82) is 0 Å². The van der Waals surface area contributed by atoms with E-state index in [0.29, 0.717) is 12.0 Å². The molecule has 4 aromatic rings.